The van der Waals surface area contributed by atoms with E-state index in [1.807, 2.05) is 36.4 Å². The van der Waals surface area contributed by atoms with Crippen molar-refractivity contribution in [1.82, 2.24) is 10.3 Å². The van der Waals surface area contributed by atoms with Gasteiger partial charge in [0, 0.05) is 24.0 Å². The van der Waals surface area contributed by atoms with Crippen LogP contribution in [0.1, 0.15) is 42.7 Å². The van der Waals surface area contributed by atoms with Crippen molar-refractivity contribution in [3.8, 4) is 0 Å². The number of amides is 1. The number of rotatable bonds is 5. The zero-order chi connectivity index (χ0) is 16.1. The average molecular weight is 329 g/mol. The zero-order valence-electron chi connectivity index (χ0n) is 13.0. The molecule has 120 valence electrons. The number of benzene rings is 1. The summed E-state index contributed by atoms with van der Waals surface area (Å²) in [6.45, 7) is 0.540. The molecular formula is C19H21ClN2O. The van der Waals surface area contributed by atoms with Crippen LogP contribution in [0, 0.1) is 5.92 Å². The lowest BCUT2D eigenvalue weighted by molar-refractivity contribution is -0.123. The molecule has 1 fully saturated rings. The lowest BCUT2D eigenvalue weighted by Crippen LogP contribution is -2.32. The lowest BCUT2D eigenvalue weighted by Gasteiger charge is -2.23. The Morgan fingerprint density at radius 3 is 2.43 bits per heavy atom. The van der Waals surface area contributed by atoms with Gasteiger partial charge in [-0.25, -0.2) is 0 Å². The van der Waals surface area contributed by atoms with Crippen LogP contribution >= 0.6 is 11.6 Å². The number of hydrogen-bond donors (Lipinski definition) is 1. The fraction of sp³-hybridized carbons (Fsp3) is 0.368. The van der Waals surface area contributed by atoms with Crippen molar-refractivity contribution in [2.75, 3.05) is 0 Å². The number of halogens is 1. The molecule has 1 aliphatic carbocycles. The number of hydrogen-bond acceptors (Lipinski definition) is 2. The number of aromatic nitrogens is 1. The molecule has 1 heterocycles. The van der Waals surface area contributed by atoms with Crippen LogP contribution in [-0.2, 0) is 11.3 Å². The molecular weight excluding hydrogens is 308 g/mol. The van der Waals surface area contributed by atoms with Gasteiger partial charge in [-0.1, -0.05) is 36.6 Å². The van der Waals surface area contributed by atoms with Crippen molar-refractivity contribution in [2.45, 2.75) is 38.1 Å². The van der Waals surface area contributed by atoms with Crippen LogP contribution in [0.5, 0.6) is 0 Å². The van der Waals surface area contributed by atoms with Crippen LogP contribution in [0.25, 0.3) is 0 Å². The summed E-state index contributed by atoms with van der Waals surface area (Å²) in [6, 6.07) is 11.6. The number of nitrogens with one attached hydrogen (secondary N) is 1. The van der Waals surface area contributed by atoms with E-state index in [-0.39, 0.29) is 11.8 Å². The fourth-order valence-corrected chi connectivity index (χ4v) is 3.52. The van der Waals surface area contributed by atoms with Gasteiger partial charge in [0.1, 0.15) is 0 Å². The molecule has 3 rings (SSSR count). The van der Waals surface area contributed by atoms with Gasteiger partial charge in [0.15, 0.2) is 0 Å². The standard InChI is InChI=1S/C19H21ClN2O/c20-17-7-5-16(6-8-17)18(15-3-1-2-4-15)19(23)22-13-14-9-11-21-12-10-14/h5-12,15,18H,1-4,13H2,(H,22,23). The first-order chi connectivity index (χ1) is 11.2. The molecule has 0 saturated heterocycles. The fourth-order valence-electron chi connectivity index (χ4n) is 3.40. The van der Waals surface area contributed by atoms with Crippen LogP contribution < -0.4 is 5.32 Å². The Morgan fingerprint density at radius 1 is 1.13 bits per heavy atom. The van der Waals surface area contributed by atoms with Crippen molar-refractivity contribution in [1.29, 1.82) is 0 Å². The first kappa shape index (κ1) is 16.0. The predicted octanol–water partition coefficient (Wildman–Crippen LogP) is 4.33. The topological polar surface area (TPSA) is 42.0 Å². The van der Waals surface area contributed by atoms with E-state index in [1.165, 1.54) is 12.8 Å². The molecule has 1 amide bonds. The highest BCUT2D eigenvalue weighted by atomic mass is 35.5. The van der Waals surface area contributed by atoms with E-state index in [9.17, 15) is 4.79 Å². The van der Waals surface area contributed by atoms with Gasteiger partial charge in [0.2, 0.25) is 5.91 Å². The lowest BCUT2D eigenvalue weighted by atomic mass is 9.84. The summed E-state index contributed by atoms with van der Waals surface area (Å²) >= 11 is 5.99. The maximum atomic E-state index is 12.8. The van der Waals surface area contributed by atoms with E-state index in [0.717, 1.165) is 24.0 Å². The Morgan fingerprint density at radius 2 is 1.78 bits per heavy atom. The van der Waals surface area contributed by atoms with Crippen molar-refractivity contribution in [2.24, 2.45) is 5.92 Å². The summed E-state index contributed by atoms with van der Waals surface area (Å²) in [7, 11) is 0. The minimum absolute atomic E-state index is 0.0865. The summed E-state index contributed by atoms with van der Waals surface area (Å²) in [5.41, 5.74) is 2.13. The Labute approximate surface area is 142 Å². The first-order valence-corrected chi connectivity index (χ1v) is 8.54. The Hall–Kier alpha value is -1.87. The first-order valence-electron chi connectivity index (χ1n) is 8.16. The Bertz CT molecular complexity index is 636. The van der Waals surface area contributed by atoms with Crippen molar-refractivity contribution in [3.05, 3.63) is 64.9 Å². The summed E-state index contributed by atoms with van der Waals surface area (Å²) < 4.78 is 0. The average Bonchev–Trinajstić information content (AvgIpc) is 3.10. The number of nitrogens with zero attached hydrogens (tertiary/aromatic N) is 1. The Kier molecular flexibility index (Phi) is 5.29. The van der Waals surface area contributed by atoms with E-state index in [2.05, 4.69) is 10.3 Å². The minimum Gasteiger partial charge on any atom is -0.351 e. The highest BCUT2D eigenvalue weighted by Gasteiger charge is 2.31. The van der Waals surface area contributed by atoms with E-state index < -0.39 is 0 Å². The van der Waals surface area contributed by atoms with Crippen LogP contribution in [-0.4, -0.2) is 10.9 Å². The van der Waals surface area contributed by atoms with Crippen molar-refractivity contribution < 1.29 is 4.79 Å². The largest absolute Gasteiger partial charge is 0.351 e. The Balaban J connectivity index is 1.74. The van der Waals surface area contributed by atoms with E-state index in [4.69, 9.17) is 11.6 Å². The molecule has 2 aromatic rings. The molecule has 1 saturated carbocycles. The molecule has 0 radical (unpaired) electrons. The molecule has 0 aliphatic heterocycles. The highest BCUT2D eigenvalue weighted by molar-refractivity contribution is 6.30. The molecule has 1 aromatic carbocycles. The number of pyridine rings is 1. The summed E-state index contributed by atoms with van der Waals surface area (Å²) in [4.78, 5) is 16.8. The molecule has 1 unspecified atom stereocenters. The second-order valence-corrected chi connectivity index (χ2v) is 6.58. The number of carbonyl (C=O) groups is 1. The van der Waals surface area contributed by atoms with Crippen LogP contribution in [0.15, 0.2) is 48.8 Å². The minimum atomic E-state index is -0.0865. The second kappa shape index (κ2) is 7.60. The van der Waals surface area contributed by atoms with Crippen molar-refractivity contribution >= 4 is 17.5 Å². The van der Waals surface area contributed by atoms with Crippen LogP contribution in [0.3, 0.4) is 0 Å². The van der Waals surface area contributed by atoms with Gasteiger partial charge in [0.05, 0.1) is 5.92 Å². The van der Waals surface area contributed by atoms with Gasteiger partial charge >= 0.3 is 0 Å². The van der Waals surface area contributed by atoms with Crippen LogP contribution in [0.2, 0.25) is 5.02 Å². The molecule has 1 aromatic heterocycles. The highest BCUT2D eigenvalue weighted by Crippen LogP contribution is 2.37. The smallest absolute Gasteiger partial charge is 0.228 e. The van der Waals surface area contributed by atoms with Gasteiger partial charge in [-0.15, -0.1) is 0 Å². The zero-order valence-corrected chi connectivity index (χ0v) is 13.8. The van der Waals surface area contributed by atoms with Crippen molar-refractivity contribution in [3.63, 3.8) is 0 Å². The van der Waals surface area contributed by atoms with E-state index in [1.54, 1.807) is 12.4 Å². The molecule has 3 nitrogen and oxygen atoms in total. The molecule has 1 aliphatic rings. The maximum absolute atomic E-state index is 12.8. The third-order valence-electron chi connectivity index (χ3n) is 4.60. The monoisotopic (exact) mass is 328 g/mol. The molecule has 4 heteroatoms. The summed E-state index contributed by atoms with van der Waals surface area (Å²) in [5.74, 6) is 0.446. The molecule has 1 atom stereocenters. The van der Waals surface area contributed by atoms with Crippen LogP contribution in [0.4, 0.5) is 0 Å². The van der Waals surface area contributed by atoms with Gasteiger partial charge in [-0.3, -0.25) is 9.78 Å². The molecule has 0 spiro atoms. The molecule has 1 N–H and O–H groups in total. The van der Waals surface area contributed by atoms with Gasteiger partial charge in [-0.05, 0) is 54.2 Å². The van der Waals surface area contributed by atoms with Gasteiger partial charge < -0.3 is 5.32 Å². The normalized spacial score (nSPS) is 16.2. The van der Waals surface area contributed by atoms with E-state index in [0.29, 0.717) is 17.5 Å². The maximum Gasteiger partial charge on any atom is 0.228 e. The van der Waals surface area contributed by atoms with Gasteiger partial charge in [-0.2, -0.15) is 0 Å². The molecule has 0 bridgehead atoms. The third-order valence-corrected chi connectivity index (χ3v) is 4.85. The number of carbonyl (C=O) groups excluding carboxylic acids is 1. The molecule has 23 heavy (non-hydrogen) atoms. The summed E-state index contributed by atoms with van der Waals surface area (Å²) in [6.07, 6.45) is 8.16. The quantitative estimate of drug-likeness (QED) is 0.887. The SMILES string of the molecule is O=C(NCc1ccncc1)C(c1ccc(Cl)cc1)C1CCCC1. The van der Waals surface area contributed by atoms with E-state index >= 15 is 0 Å². The predicted molar refractivity (Wildman–Crippen MR) is 92.2 cm³/mol. The summed E-state index contributed by atoms with van der Waals surface area (Å²) in [5, 5.41) is 3.79. The second-order valence-electron chi connectivity index (χ2n) is 6.15. The third kappa shape index (κ3) is 4.11. The van der Waals surface area contributed by atoms with Gasteiger partial charge in [0.25, 0.3) is 0 Å².